The van der Waals surface area contributed by atoms with Crippen LogP contribution in [0.4, 0.5) is 23.5 Å². The number of aromatic nitrogens is 3. The van der Waals surface area contributed by atoms with Gasteiger partial charge in [-0.3, -0.25) is 9.69 Å². The van der Waals surface area contributed by atoms with E-state index in [-0.39, 0.29) is 11.5 Å². The quantitative estimate of drug-likeness (QED) is 0.510. The van der Waals surface area contributed by atoms with Gasteiger partial charge in [-0.1, -0.05) is 33.8 Å². The number of carbonyl (C=O) groups is 1. The Hall–Kier alpha value is -2.94. The van der Waals surface area contributed by atoms with Crippen LogP contribution < -0.4 is 21.3 Å². The van der Waals surface area contributed by atoms with Crippen molar-refractivity contribution in [1.82, 2.24) is 19.9 Å². The van der Waals surface area contributed by atoms with Crippen LogP contribution in [0.5, 0.6) is 0 Å². The number of benzene rings is 1. The summed E-state index contributed by atoms with van der Waals surface area (Å²) in [6.07, 6.45) is 2.18. The van der Waals surface area contributed by atoms with E-state index >= 15 is 0 Å². The van der Waals surface area contributed by atoms with Gasteiger partial charge in [-0.25, -0.2) is 0 Å². The van der Waals surface area contributed by atoms with Crippen molar-refractivity contribution in [2.24, 2.45) is 11.1 Å². The summed E-state index contributed by atoms with van der Waals surface area (Å²) in [5.41, 5.74) is 7.69. The molecule has 1 aromatic carbocycles. The summed E-state index contributed by atoms with van der Waals surface area (Å²) in [5, 5.41) is 6.81. The van der Waals surface area contributed by atoms with Crippen LogP contribution in [0.15, 0.2) is 18.2 Å². The number of carbonyl (C=O) groups excluding carboxylic acids is 1. The molecule has 1 fully saturated rings. The van der Waals surface area contributed by atoms with Crippen LogP contribution in [-0.4, -0.2) is 64.5 Å². The van der Waals surface area contributed by atoms with Crippen molar-refractivity contribution >= 4 is 29.4 Å². The summed E-state index contributed by atoms with van der Waals surface area (Å²) >= 11 is 0. The van der Waals surface area contributed by atoms with Crippen LogP contribution in [0.2, 0.25) is 0 Å². The molecule has 1 saturated heterocycles. The van der Waals surface area contributed by atoms with E-state index in [2.05, 4.69) is 60.1 Å². The highest BCUT2D eigenvalue weighted by atomic mass is 16.1. The minimum atomic E-state index is -0.473. The zero-order chi connectivity index (χ0) is 25.0. The summed E-state index contributed by atoms with van der Waals surface area (Å²) in [6.45, 7) is 15.8. The lowest BCUT2D eigenvalue weighted by Crippen LogP contribution is -2.33. The number of anilines is 4. The lowest BCUT2D eigenvalue weighted by molar-refractivity contribution is 0.100. The van der Waals surface area contributed by atoms with E-state index in [1.54, 1.807) is 12.1 Å². The van der Waals surface area contributed by atoms with Crippen molar-refractivity contribution in [3.8, 4) is 0 Å². The van der Waals surface area contributed by atoms with Gasteiger partial charge in [-0.05, 0) is 49.8 Å². The van der Waals surface area contributed by atoms with Gasteiger partial charge in [0.15, 0.2) is 0 Å². The topological polar surface area (TPSA) is 112 Å². The highest BCUT2D eigenvalue weighted by molar-refractivity contribution is 5.94. The first-order chi connectivity index (χ1) is 15.9. The van der Waals surface area contributed by atoms with Crippen LogP contribution in [0, 0.1) is 12.3 Å². The summed E-state index contributed by atoms with van der Waals surface area (Å²) in [7, 11) is 1.99. The second kappa shape index (κ2) is 10.5. The van der Waals surface area contributed by atoms with Gasteiger partial charge in [0.1, 0.15) is 0 Å². The summed E-state index contributed by atoms with van der Waals surface area (Å²) in [5.74, 6) is 1.09. The van der Waals surface area contributed by atoms with Gasteiger partial charge in [0.05, 0.1) is 0 Å². The van der Waals surface area contributed by atoms with Crippen LogP contribution in [0.1, 0.15) is 63.4 Å². The number of primary amides is 1. The molecule has 1 aromatic heterocycles. The van der Waals surface area contributed by atoms with E-state index in [9.17, 15) is 4.79 Å². The Morgan fingerprint density at radius 3 is 2.62 bits per heavy atom. The largest absolute Gasteiger partial charge is 0.366 e. The third kappa shape index (κ3) is 6.79. The molecule has 186 valence electrons. The Bertz CT molecular complexity index is 1000. The molecule has 9 heteroatoms. The van der Waals surface area contributed by atoms with Crippen molar-refractivity contribution in [3.63, 3.8) is 0 Å². The molecule has 1 unspecified atom stereocenters. The number of amides is 1. The van der Waals surface area contributed by atoms with E-state index in [0.29, 0.717) is 29.5 Å². The molecule has 2 atom stereocenters. The SMILES string of the molecule is CCC(C)N1CC[C@@H](Nc2nc(Nc3cc(C(N)=O)ccc3C)nc(N(C)CC(C)(C)C)n2)C1. The monoisotopic (exact) mass is 468 g/mol. The van der Waals surface area contributed by atoms with Crippen molar-refractivity contribution in [3.05, 3.63) is 29.3 Å². The Balaban J connectivity index is 1.89. The molecule has 2 heterocycles. The first kappa shape index (κ1) is 25.7. The molecule has 9 nitrogen and oxygen atoms in total. The minimum Gasteiger partial charge on any atom is -0.366 e. The molecule has 0 radical (unpaired) electrons. The van der Waals surface area contributed by atoms with E-state index in [4.69, 9.17) is 10.7 Å². The first-order valence-corrected chi connectivity index (χ1v) is 12.1. The normalized spacial score (nSPS) is 17.4. The van der Waals surface area contributed by atoms with Crippen molar-refractivity contribution < 1.29 is 4.79 Å². The Morgan fingerprint density at radius 2 is 1.97 bits per heavy atom. The predicted molar refractivity (Wildman–Crippen MR) is 139 cm³/mol. The predicted octanol–water partition coefficient (Wildman–Crippen LogP) is 3.79. The number of nitrogens with one attached hydrogen (secondary N) is 2. The average Bonchev–Trinajstić information content (AvgIpc) is 3.21. The highest BCUT2D eigenvalue weighted by Crippen LogP contribution is 2.25. The Labute approximate surface area is 203 Å². The van der Waals surface area contributed by atoms with E-state index in [0.717, 1.165) is 43.7 Å². The van der Waals surface area contributed by atoms with E-state index < -0.39 is 5.91 Å². The fourth-order valence-corrected chi connectivity index (χ4v) is 4.21. The smallest absolute Gasteiger partial charge is 0.248 e. The Morgan fingerprint density at radius 1 is 1.26 bits per heavy atom. The fraction of sp³-hybridized carbons (Fsp3) is 0.600. The number of aryl methyl sites for hydroxylation is 1. The number of rotatable bonds is 9. The third-order valence-corrected chi connectivity index (χ3v) is 6.21. The molecule has 34 heavy (non-hydrogen) atoms. The molecule has 1 aliphatic heterocycles. The lowest BCUT2D eigenvalue weighted by Gasteiger charge is -2.27. The van der Waals surface area contributed by atoms with Crippen LogP contribution in [0.3, 0.4) is 0 Å². The third-order valence-electron chi connectivity index (χ3n) is 6.21. The van der Waals surface area contributed by atoms with Gasteiger partial charge in [-0.15, -0.1) is 0 Å². The van der Waals surface area contributed by atoms with Gasteiger partial charge in [0, 0.05) is 50.0 Å². The van der Waals surface area contributed by atoms with Gasteiger partial charge in [-0.2, -0.15) is 15.0 Å². The standard InChI is InChI=1S/C25H40N8O/c1-8-17(3)33-12-11-19(14-33)27-22-29-23(31-24(30-22)32(7)15-25(4,5)6)28-20-13-18(21(26)34)10-9-16(20)2/h9-10,13,17,19H,8,11-12,14-15H2,1-7H3,(H2,26,34)(H2,27,28,29,30,31)/t17?,19-/m1/s1. The molecule has 4 N–H and O–H groups in total. The Kier molecular flexibility index (Phi) is 7.97. The maximum absolute atomic E-state index is 11.7. The van der Waals surface area contributed by atoms with E-state index in [1.165, 1.54) is 0 Å². The van der Waals surface area contributed by atoms with Gasteiger partial charge < -0.3 is 21.3 Å². The van der Waals surface area contributed by atoms with Gasteiger partial charge >= 0.3 is 0 Å². The summed E-state index contributed by atoms with van der Waals surface area (Å²) in [4.78, 5) is 30.3. The molecule has 1 amide bonds. The lowest BCUT2D eigenvalue weighted by atomic mass is 9.96. The molecule has 0 bridgehead atoms. The molecule has 0 saturated carbocycles. The average molecular weight is 469 g/mol. The molecule has 3 rings (SSSR count). The number of nitrogens with zero attached hydrogens (tertiary/aromatic N) is 5. The molecule has 0 aliphatic carbocycles. The summed E-state index contributed by atoms with van der Waals surface area (Å²) < 4.78 is 0. The molecule has 0 spiro atoms. The number of hydrogen-bond donors (Lipinski definition) is 3. The molecular weight excluding hydrogens is 428 g/mol. The minimum absolute atomic E-state index is 0.0806. The maximum Gasteiger partial charge on any atom is 0.248 e. The highest BCUT2D eigenvalue weighted by Gasteiger charge is 2.26. The second-order valence-electron chi connectivity index (χ2n) is 10.6. The van der Waals surface area contributed by atoms with Crippen LogP contribution >= 0.6 is 0 Å². The molecule has 2 aromatic rings. The zero-order valence-corrected chi connectivity index (χ0v) is 21.6. The van der Waals surface area contributed by atoms with Gasteiger partial charge in [0.2, 0.25) is 23.8 Å². The maximum atomic E-state index is 11.7. The first-order valence-electron chi connectivity index (χ1n) is 12.1. The fourth-order valence-electron chi connectivity index (χ4n) is 4.21. The van der Waals surface area contributed by atoms with Gasteiger partial charge in [0.25, 0.3) is 0 Å². The number of hydrogen-bond acceptors (Lipinski definition) is 8. The molecular formula is C25H40N8O. The van der Waals surface area contributed by atoms with Crippen molar-refractivity contribution in [1.29, 1.82) is 0 Å². The van der Waals surface area contributed by atoms with Crippen molar-refractivity contribution in [2.45, 2.75) is 66.5 Å². The van der Waals surface area contributed by atoms with Crippen LogP contribution in [0.25, 0.3) is 0 Å². The summed E-state index contributed by atoms with van der Waals surface area (Å²) in [6, 6.07) is 6.15. The molecule has 1 aliphatic rings. The zero-order valence-electron chi connectivity index (χ0n) is 21.6. The second-order valence-corrected chi connectivity index (χ2v) is 10.6. The number of nitrogens with two attached hydrogens (primary N) is 1. The number of likely N-dealkylation sites (tertiary alicyclic amines) is 1. The van der Waals surface area contributed by atoms with E-state index in [1.807, 2.05) is 24.9 Å². The van der Waals surface area contributed by atoms with Crippen LogP contribution in [-0.2, 0) is 0 Å². The van der Waals surface area contributed by atoms with Crippen molar-refractivity contribution in [2.75, 3.05) is 42.2 Å².